The third kappa shape index (κ3) is 1.72. The number of aliphatic hydroxyl groups excluding tert-OH is 1. The highest BCUT2D eigenvalue weighted by Crippen LogP contribution is 2.64. The van der Waals surface area contributed by atoms with E-state index in [0.717, 1.165) is 25.2 Å². The van der Waals surface area contributed by atoms with Crippen LogP contribution >= 0.6 is 0 Å². The maximum absolute atomic E-state index is 12.4. The number of aliphatic hydroxyl groups is 1. The lowest BCUT2D eigenvalue weighted by Gasteiger charge is -2.57. The van der Waals surface area contributed by atoms with Crippen LogP contribution in [0.25, 0.3) is 0 Å². The number of fused-ring (bicyclic) bond motifs is 5. The molecule has 0 spiro atoms. The molecule has 0 aromatic carbocycles. The van der Waals surface area contributed by atoms with E-state index in [1.807, 2.05) is 0 Å². The molecule has 4 aliphatic carbocycles. The van der Waals surface area contributed by atoms with Gasteiger partial charge in [0, 0.05) is 6.42 Å². The van der Waals surface area contributed by atoms with E-state index < -0.39 is 0 Å². The van der Waals surface area contributed by atoms with Crippen molar-refractivity contribution < 1.29 is 9.90 Å². The Kier molecular flexibility index (Phi) is 3.12. The van der Waals surface area contributed by atoms with E-state index in [4.69, 9.17) is 0 Å². The largest absolute Gasteiger partial charge is 0.395 e. The molecule has 116 valence electrons. The molecule has 1 N–H and O–H groups in total. The van der Waals surface area contributed by atoms with Crippen LogP contribution in [-0.4, -0.2) is 17.5 Å². The molecule has 0 aromatic heterocycles. The predicted molar refractivity (Wildman–Crippen MR) is 82.7 cm³/mol. The quantitative estimate of drug-likeness (QED) is 0.743. The van der Waals surface area contributed by atoms with Gasteiger partial charge in [0.25, 0.3) is 0 Å². The van der Waals surface area contributed by atoms with Crippen LogP contribution in [0.3, 0.4) is 0 Å². The number of Topliss-reactive ketones (excluding diaryl/α,β-unsaturated/α-hetero) is 1. The van der Waals surface area contributed by atoms with Crippen LogP contribution in [0.2, 0.25) is 0 Å². The van der Waals surface area contributed by atoms with Gasteiger partial charge < -0.3 is 5.11 Å². The summed E-state index contributed by atoms with van der Waals surface area (Å²) in [7, 11) is 0. The van der Waals surface area contributed by atoms with Crippen molar-refractivity contribution in [2.24, 2.45) is 28.6 Å². The number of carbonyl (C=O) groups is 1. The molecule has 0 aliphatic heterocycles. The minimum Gasteiger partial charge on any atom is -0.395 e. The normalized spacial score (nSPS) is 49.1. The monoisotopic (exact) mass is 288 g/mol. The number of hydrogen-bond donors (Lipinski definition) is 1. The van der Waals surface area contributed by atoms with Crippen molar-refractivity contribution in [1.29, 1.82) is 0 Å². The molecule has 0 bridgehead atoms. The molecule has 4 rings (SSSR count). The van der Waals surface area contributed by atoms with E-state index in [1.54, 1.807) is 5.57 Å². The minimum absolute atomic E-state index is 0.0964. The smallest absolute Gasteiger partial charge is 0.141 e. The van der Waals surface area contributed by atoms with Gasteiger partial charge in [-0.05, 0) is 74.5 Å². The summed E-state index contributed by atoms with van der Waals surface area (Å²) in [6.07, 6.45) is 12.8. The lowest BCUT2D eigenvalue weighted by molar-refractivity contribution is -0.138. The SMILES string of the molecule is C[C@]12CCCC=C1CC[C@H]1[C@@H]3CCC(=O)[C@@]3(CO)CC[C@@H]12. The lowest BCUT2D eigenvalue weighted by atomic mass is 9.47. The van der Waals surface area contributed by atoms with E-state index in [0.29, 0.717) is 29.5 Å². The minimum atomic E-state index is -0.354. The van der Waals surface area contributed by atoms with Crippen molar-refractivity contribution in [2.75, 3.05) is 6.61 Å². The summed E-state index contributed by atoms with van der Waals surface area (Å²) in [4.78, 5) is 12.4. The molecule has 2 heteroatoms. The Labute approximate surface area is 128 Å². The Morgan fingerprint density at radius 3 is 2.86 bits per heavy atom. The molecule has 3 saturated carbocycles. The molecule has 2 nitrogen and oxygen atoms in total. The van der Waals surface area contributed by atoms with E-state index in [1.165, 1.54) is 32.1 Å². The van der Waals surface area contributed by atoms with Gasteiger partial charge in [-0.2, -0.15) is 0 Å². The van der Waals surface area contributed by atoms with Crippen molar-refractivity contribution in [1.82, 2.24) is 0 Å². The average molecular weight is 288 g/mol. The third-order valence-electron chi connectivity index (χ3n) is 7.75. The Balaban J connectivity index is 1.70. The van der Waals surface area contributed by atoms with E-state index in [-0.39, 0.29) is 12.0 Å². The van der Waals surface area contributed by atoms with E-state index >= 15 is 0 Å². The lowest BCUT2D eigenvalue weighted by Crippen LogP contribution is -2.52. The highest BCUT2D eigenvalue weighted by molar-refractivity contribution is 5.87. The first-order valence-corrected chi connectivity index (χ1v) is 8.95. The first-order chi connectivity index (χ1) is 10.1. The van der Waals surface area contributed by atoms with Gasteiger partial charge in [0.05, 0.1) is 12.0 Å². The molecule has 0 radical (unpaired) electrons. The fourth-order valence-corrected chi connectivity index (χ4v) is 6.63. The number of carbonyl (C=O) groups excluding carboxylic acids is 1. The Morgan fingerprint density at radius 2 is 2.05 bits per heavy atom. The molecular formula is C19H28O2. The highest BCUT2D eigenvalue weighted by atomic mass is 16.3. The molecule has 0 amide bonds. The van der Waals surface area contributed by atoms with Crippen molar-refractivity contribution >= 4 is 5.78 Å². The van der Waals surface area contributed by atoms with Gasteiger partial charge >= 0.3 is 0 Å². The zero-order chi connectivity index (χ0) is 14.7. The van der Waals surface area contributed by atoms with Crippen molar-refractivity contribution in [3.8, 4) is 0 Å². The van der Waals surface area contributed by atoms with Gasteiger partial charge in [-0.1, -0.05) is 18.6 Å². The molecule has 0 aromatic rings. The summed E-state index contributed by atoms with van der Waals surface area (Å²) in [6, 6.07) is 0. The van der Waals surface area contributed by atoms with E-state index in [2.05, 4.69) is 13.0 Å². The molecule has 0 saturated heterocycles. The number of rotatable bonds is 1. The van der Waals surface area contributed by atoms with Crippen LogP contribution in [-0.2, 0) is 4.79 Å². The third-order valence-corrected chi connectivity index (χ3v) is 7.75. The Hall–Kier alpha value is -0.630. The van der Waals surface area contributed by atoms with Crippen molar-refractivity contribution in [3.05, 3.63) is 11.6 Å². The second-order valence-electron chi connectivity index (χ2n) is 8.27. The molecule has 5 atom stereocenters. The van der Waals surface area contributed by atoms with Gasteiger partial charge in [0.1, 0.15) is 5.78 Å². The van der Waals surface area contributed by atoms with Crippen LogP contribution < -0.4 is 0 Å². The van der Waals surface area contributed by atoms with Crippen LogP contribution in [0, 0.1) is 28.6 Å². The van der Waals surface area contributed by atoms with Gasteiger partial charge in [0.15, 0.2) is 0 Å². The van der Waals surface area contributed by atoms with E-state index in [9.17, 15) is 9.90 Å². The second-order valence-corrected chi connectivity index (χ2v) is 8.27. The predicted octanol–water partition coefficient (Wildman–Crippen LogP) is 3.88. The van der Waals surface area contributed by atoms with Crippen molar-refractivity contribution in [3.63, 3.8) is 0 Å². The van der Waals surface area contributed by atoms with Crippen molar-refractivity contribution in [2.45, 2.75) is 64.7 Å². The fourth-order valence-electron chi connectivity index (χ4n) is 6.63. The number of ketones is 1. The fraction of sp³-hybridized carbons (Fsp3) is 0.842. The summed E-state index contributed by atoms with van der Waals surface area (Å²) < 4.78 is 0. The number of hydrogen-bond acceptors (Lipinski definition) is 2. The summed E-state index contributed by atoms with van der Waals surface area (Å²) >= 11 is 0. The standard InChI is InChI=1S/C19H28O2/c1-18-10-3-2-4-13(18)5-6-14-15(18)9-11-19(12-20)16(14)7-8-17(19)21/h4,14-16,20H,2-3,5-12H2,1H3/t14-,15+,16+,18+,19-/m1/s1. The van der Waals surface area contributed by atoms with Gasteiger partial charge in [-0.25, -0.2) is 0 Å². The first-order valence-electron chi connectivity index (χ1n) is 8.95. The summed E-state index contributed by atoms with van der Waals surface area (Å²) in [5.74, 6) is 2.27. The molecular weight excluding hydrogens is 260 g/mol. The number of allylic oxidation sites excluding steroid dienone is 2. The molecule has 4 aliphatic rings. The maximum atomic E-state index is 12.4. The molecule has 21 heavy (non-hydrogen) atoms. The first kappa shape index (κ1) is 14.0. The Morgan fingerprint density at radius 1 is 1.19 bits per heavy atom. The summed E-state index contributed by atoms with van der Waals surface area (Å²) in [6.45, 7) is 2.59. The zero-order valence-electron chi connectivity index (χ0n) is 13.2. The van der Waals surface area contributed by atoms with Crippen LogP contribution in [0.5, 0.6) is 0 Å². The highest BCUT2D eigenvalue weighted by Gasteiger charge is 2.60. The maximum Gasteiger partial charge on any atom is 0.141 e. The average Bonchev–Trinajstić information content (AvgIpc) is 2.84. The van der Waals surface area contributed by atoms with Gasteiger partial charge in [-0.15, -0.1) is 0 Å². The zero-order valence-corrected chi connectivity index (χ0v) is 13.2. The van der Waals surface area contributed by atoms with Crippen LogP contribution in [0.4, 0.5) is 0 Å². The van der Waals surface area contributed by atoms with Gasteiger partial charge in [-0.3, -0.25) is 4.79 Å². The van der Waals surface area contributed by atoms with Gasteiger partial charge in [0.2, 0.25) is 0 Å². The topological polar surface area (TPSA) is 37.3 Å². The Bertz CT molecular complexity index is 494. The molecule has 0 unspecified atom stereocenters. The summed E-state index contributed by atoms with van der Waals surface area (Å²) in [5, 5.41) is 9.98. The molecule has 3 fully saturated rings. The van der Waals surface area contributed by atoms with Crippen LogP contribution in [0.1, 0.15) is 64.7 Å². The summed E-state index contributed by atoms with van der Waals surface area (Å²) in [5.41, 5.74) is 1.76. The second kappa shape index (κ2) is 4.68. The van der Waals surface area contributed by atoms with Crippen LogP contribution in [0.15, 0.2) is 11.6 Å². The molecule has 0 heterocycles.